The van der Waals surface area contributed by atoms with Crippen LogP contribution in [0.25, 0.3) is 0 Å². The van der Waals surface area contributed by atoms with Gasteiger partial charge in [-0.1, -0.05) is 6.92 Å². The topological polar surface area (TPSA) is 38.3 Å². The number of esters is 1. The van der Waals surface area contributed by atoms with E-state index in [1.165, 1.54) is 0 Å². The van der Waals surface area contributed by atoms with E-state index in [0.29, 0.717) is 12.5 Å². The van der Waals surface area contributed by atoms with Crippen LogP contribution in [0.3, 0.4) is 0 Å². The Morgan fingerprint density at radius 3 is 3.00 bits per heavy atom. The molecule has 1 rings (SSSR count). The van der Waals surface area contributed by atoms with Crippen molar-refractivity contribution in [3.05, 3.63) is 0 Å². The molecule has 3 nitrogen and oxygen atoms in total. The van der Waals surface area contributed by atoms with Crippen molar-refractivity contribution in [2.75, 3.05) is 13.2 Å². The Balaban J connectivity index is 2.35. The maximum absolute atomic E-state index is 11.3. The summed E-state index contributed by atoms with van der Waals surface area (Å²) in [6, 6.07) is -0.0614. The van der Waals surface area contributed by atoms with Crippen LogP contribution in [-0.2, 0) is 9.53 Å². The first-order chi connectivity index (χ1) is 5.74. The van der Waals surface area contributed by atoms with Crippen LogP contribution in [0.4, 0.5) is 0 Å². The van der Waals surface area contributed by atoms with Gasteiger partial charge in [-0.05, 0) is 32.2 Å². The van der Waals surface area contributed by atoms with Gasteiger partial charge in [0.1, 0.15) is 6.04 Å². The maximum atomic E-state index is 11.3. The van der Waals surface area contributed by atoms with Crippen molar-refractivity contribution >= 4 is 5.97 Å². The summed E-state index contributed by atoms with van der Waals surface area (Å²) in [6.45, 7) is 5.42. The number of carbonyl (C=O) groups excluding carboxylic acids is 1. The first-order valence-electron chi connectivity index (χ1n) is 4.64. The molecule has 1 fully saturated rings. The van der Waals surface area contributed by atoms with E-state index >= 15 is 0 Å². The van der Waals surface area contributed by atoms with Crippen molar-refractivity contribution in [3.8, 4) is 0 Å². The molecule has 1 aliphatic heterocycles. The summed E-state index contributed by atoms with van der Waals surface area (Å²) in [4.78, 5) is 11.3. The van der Waals surface area contributed by atoms with Crippen LogP contribution in [0.2, 0.25) is 0 Å². The highest BCUT2D eigenvalue weighted by Gasteiger charge is 2.25. The van der Waals surface area contributed by atoms with Gasteiger partial charge in [0.15, 0.2) is 0 Å². The molecule has 0 spiro atoms. The zero-order valence-electron chi connectivity index (χ0n) is 7.80. The van der Waals surface area contributed by atoms with E-state index in [0.717, 1.165) is 19.4 Å². The number of nitrogens with one attached hydrogen (secondary N) is 1. The molecule has 0 aromatic carbocycles. The minimum absolute atomic E-state index is 0.0614. The van der Waals surface area contributed by atoms with Crippen molar-refractivity contribution in [1.29, 1.82) is 0 Å². The molecule has 0 radical (unpaired) electrons. The summed E-state index contributed by atoms with van der Waals surface area (Å²) in [7, 11) is 0. The molecular weight excluding hydrogens is 154 g/mol. The van der Waals surface area contributed by atoms with Gasteiger partial charge in [0.05, 0.1) is 6.61 Å². The molecule has 0 aliphatic carbocycles. The number of ether oxygens (including phenoxy) is 1. The lowest BCUT2D eigenvalue weighted by Gasteiger charge is -2.26. The summed E-state index contributed by atoms with van der Waals surface area (Å²) in [5.41, 5.74) is 0. The zero-order valence-corrected chi connectivity index (χ0v) is 7.80. The van der Waals surface area contributed by atoms with E-state index in [4.69, 9.17) is 4.74 Å². The highest BCUT2D eigenvalue weighted by molar-refractivity contribution is 5.75. The van der Waals surface area contributed by atoms with Gasteiger partial charge in [-0.2, -0.15) is 0 Å². The van der Waals surface area contributed by atoms with Gasteiger partial charge in [-0.3, -0.25) is 4.79 Å². The van der Waals surface area contributed by atoms with Crippen molar-refractivity contribution in [2.24, 2.45) is 5.92 Å². The van der Waals surface area contributed by atoms with Crippen molar-refractivity contribution < 1.29 is 9.53 Å². The number of piperidine rings is 1. The molecule has 12 heavy (non-hydrogen) atoms. The first kappa shape index (κ1) is 9.52. The molecule has 1 heterocycles. The van der Waals surface area contributed by atoms with Crippen LogP contribution in [0, 0.1) is 5.92 Å². The molecule has 3 heteroatoms. The summed E-state index contributed by atoms with van der Waals surface area (Å²) in [5.74, 6) is 0.546. The predicted molar refractivity (Wildman–Crippen MR) is 46.8 cm³/mol. The van der Waals surface area contributed by atoms with Gasteiger partial charge in [0, 0.05) is 0 Å². The average Bonchev–Trinajstić information content (AvgIpc) is 2.05. The third-order valence-electron chi connectivity index (χ3n) is 2.24. The molecule has 2 atom stereocenters. The fourth-order valence-electron chi connectivity index (χ4n) is 1.53. The number of hydrogen-bond acceptors (Lipinski definition) is 3. The van der Waals surface area contributed by atoms with Crippen LogP contribution >= 0.6 is 0 Å². The minimum atomic E-state index is -0.0935. The Morgan fingerprint density at radius 2 is 2.42 bits per heavy atom. The van der Waals surface area contributed by atoms with E-state index < -0.39 is 0 Å². The van der Waals surface area contributed by atoms with Crippen LogP contribution in [0.5, 0.6) is 0 Å². The quantitative estimate of drug-likeness (QED) is 0.628. The fourth-order valence-corrected chi connectivity index (χ4v) is 1.53. The lowest BCUT2D eigenvalue weighted by Crippen LogP contribution is -2.43. The Labute approximate surface area is 73.5 Å². The van der Waals surface area contributed by atoms with Crippen molar-refractivity contribution in [3.63, 3.8) is 0 Å². The molecule has 70 valence electrons. The van der Waals surface area contributed by atoms with Crippen LogP contribution < -0.4 is 5.32 Å². The number of hydrogen-bond donors (Lipinski definition) is 1. The second-order valence-electron chi connectivity index (χ2n) is 3.39. The SMILES string of the molecule is CCOC(=O)C1CC(C)CCN1. The van der Waals surface area contributed by atoms with E-state index in [9.17, 15) is 4.79 Å². The zero-order chi connectivity index (χ0) is 8.97. The largest absolute Gasteiger partial charge is 0.465 e. The van der Waals surface area contributed by atoms with Gasteiger partial charge in [0.25, 0.3) is 0 Å². The summed E-state index contributed by atoms with van der Waals surface area (Å²) < 4.78 is 4.93. The summed E-state index contributed by atoms with van der Waals surface area (Å²) in [6.07, 6.45) is 2.08. The lowest BCUT2D eigenvalue weighted by atomic mass is 9.94. The van der Waals surface area contributed by atoms with Crippen LogP contribution in [0.15, 0.2) is 0 Å². The molecule has 0 saturated carbocycles. The van der Waals surface area contributed by atoms with Crippen LogP contribution in [-0.4, -0.2) is 25.2 Å². The standard InChI is InChI=1S/C9H17NO2/c1-3-12-9(11)8-6-7(2)4-5-10-8/h7-8,10H,3-6H2,1-2H3. The predicted octanol–water partition coefficient (Wildman–Crippen LogP) is 0.938. The summed E-state index contributed by atoms with van der Waals surface area (Å²) >= 11 is 0. The van der Waals surface area contributed by atoms with Crippen LogP contribution in [0.1, 0.15) is 26.7 Å². The van der Waals surface area contributed by atoms with E-state index in [-0.39, 0.29) is 12.0 Å². The van der Waals surface area contributed by atoms with Gasteiger partial charge in [-0.15, -0.1) is 0 Å². The highest BCUT2D eigenvalue weighted by Crippen LogP contribution is 2.15. The number of carbonyl (C=O) groups is 1. The maximum Gasteiger partial charge on any atom is 0.323 e. The lowest BCUT2D eigenvalue weighted by molar-refractivity contribution is -0.146. The second kappa shape index (κ2) is 4.45. The van der Waals surface area contributed by atoms with E-state index in [1.807, 2.05) is 6.92 Å². The molecule has 1 N–H and O–H groups in total. The molecule has 0 aromatic heterocycles. The third kappa shape index (κ3) is 2.48. The highest BCUT2D eigenvalue weighted by atomic mass is 16.5. The Kier molecular flexibility index (Phi) is 3.53. The molecule has 0 amide bonds. The Morgan fingerprint density at radius 1 is 1.67 bits per heavy atom. The van der Waals surface area contributed by atoms with Gasteiger partial charge in [0.2, 0.25) is 0 Å². The monoisotopic (exact) mass is 171 g/mol. The van der Waals surface area contributed by atoms with E-state index in [2.05, 4.69) is 12.2 Å². The average molecular weight is 171 g/mol. The Hall–Kier alpha value is -0.570. The van der Waals surface area contributed by atoms with Crippen molar-refractivity contribution in [1.82, 2.24) is 5.32 Å². The molecule has 0 bridgehead atoms. The second-order valence-corrected chi connectivity index (χ2v) is 3.39. The minimum Gasteiger partial charge on any atom is -0.465 e. The molecular formula is C9H17NO2. The molecule has 0 aromatic rings. The Bertz CT molecular complexity index is 159. The smallest absolute Gasteiger partial charge is 0.323 e. The number of rotatable bonds is 2. The van der Waals surface area contributed by atoms with E-state index in [1.54, 1.807) is 0 Å². The van der Waals surface area contributed by atoms with Gasteiger partial charge < -0.3 is 10.1 Å². The normalized spacial score (nSPS) is 29.8. The van der Waals surface area contributed by atoms with Crippen molar-refractivity contribution in [2.45, 2.75) is 32.7 Å². The fraction of sp³-hybridized carbons (Fsp3) is 0.889. The summed E-state index contributed by atoms with van der Waals surface area (Å²) in [5, 5.41) is 3.16. The van der Waals surface area contributed by atoms with Gasteiger partial charge >= 0.3 is 5.97 Å². The molecule has 1 saturated heterocycles. The third-order valence-corrected chi connectivity index (χ3v) is 2.24. The molecule has 1 aliphatic rings. The molecule has 2 unspecified atom stereocenters. The first-order valence-corrected chi connectivity index (χ1v) is 4.64. The van der Waals surface area contributed by atoms with Gasteiger partial charge in [-0.25, -0.2) is 0 Å².